The zero-order chi connectivity index (χ0) is 18.8. The lowest BCUT2D eigenvalue weighted by atomic mass is 10.0. The molecule has 1 aromatic carbocycles. The van der Waals surface area contributed by atoms with E-state index in [1.54, 1.807) is 55.1 Å². The molecule has 6 nitrogen and oxygen atoms in total. The largest absolute Gasteiger partial charge is 0.292 e. The van der Waals surface area contributed by atoms with Crippen molar-refractivity contribution in [1.29, 1.82) is 5.41 Å². The highest BCUT2D eigenvalue weighted by molar-refractivity contribution is 6.33. The summed E-state index contributed by atoms with van der Waals surface area (Å²) >= 11 is 6.42. The molecule has 2 heterocycles. The normalized spacial score (nSPS) is 11.4. The summed E-state index contributed by atoms with van der Waals surface area (Å²) in [7, 11) is 0. The minimum absolute atomic E-state index is 0.120. The lowest BCUT2D eigenvalue weighted by Crippen LogP contribution is -2.22. The van der Waals surface area contributed by atoms with Crippen LogP contribution in [0, 0.1) is 12.3 Å². The third-order valence-corrected chi connectivity index (χ3v) is 4.37. The van der Waals surface area contributed by atoms with Crippen molar-refractivity contribution in [3.05, 3.63) is 57.2 Å². The maximum Gasteiger partial charge on any atom is 0.260 e. The molecule has 0 bridgehead atoms. The summed E-state index contributed by atoms with van der Waals surface area (Å²) < 4.78 is 1.62. The maximum atomic E-state index is 13.0. The molecule has 0 saturated carbocycles. The van der Waals surface area contributed by atoms with Gasteiger partial charge in [-0.1, -0.05) is 23.7 Å². The van der Waals surface area contributed by atoms with Crippen molar-refractivity contribution < 1.29 is 0 Å². The topological polar surface area (TPSA) is 84.0 Å². The van der Waals surface area contributed by atoms with Crippen LogP contribution in [-0.2, 0) is 6.54 Å². The first kappa shape index (κ1) is 17.9. The highest BCUT2D eigenvalue weighted by Crippen LogP contribution is 2.28. The Hall–Kier alpha value is -2.86. The Bertz CT molecular complexity index is 1100. The molecule has 0 fully saturated rings. The van der Waals surface area contributed by atoms with Gasteiger partial charge in [-0.2, -0.15) is 0 Å². The number of halogens is 1. The van der Waals surface area contributed by atoms with E-state index in [0.717, 1.165) is 5.39 Å². The minimum atomic E-state index is -0.158. The van der Waals surface area contributed by atoms with Crippen LogP contribution in [0.15, 0.2) is 40.2 Å². The number of aromatic nitrogens is 3. The first-order valence-corrected chi connectivity index (χ1v) is 8.58. The van der Waals surface area contributed by atoms with Crippen LogP contribution in [-0.4, -0.2) is 26.6 Å². The summed E-state index contributed by atoms with van der Waals surface area (Å²) in [5.74, 6) is 0.735. The first-order valence-electron chi connectivity index (χ1n) is 8.21. The molecular weight excluding hydrogens is 350 g/mol. The number of hydrogen-bond acceptors (Lipinski definition) is 4. The molecule has 1 N–H and O–H groups in total. The lowest BCUT2D eigenvalue weighted by molar-refractivity contribution is 0.748. The number of aryl methyl sites for hydroxylation is 2. The highest BCUT2D eigenvalue weighted by Gasteiger charge is 2.15. The molecule has 0 aliphatic carbocycles. The van der Waals surface area contributed by atoms with Crippen molar-refractivity contribution in [2.75, 3.05) is 0 Å². The number of hydrogen-bond donors (Lipinski definition) is 1. The van der Waals surface area contributed by atoms with Crippen LogP contribution < -0.4 is 5.56 Å². The molecule has 0 saturated heterocycles. The summed E-state index contributed by atoms with van der Waals surface area (Å²) in [6.07, 6.45) is 3.26. The van der Waals surface area contributed by atoms with Gasteiger partial charge in [-0.25, -0.2) is 15.0 Å². The van der Waals surface area contributed by atoms with Crippen molar-refractivity contribution in [2.24, 2.45) is 4.99 Å². The zero-order valence-electron chi connectivity index (χ0n) is 14.7. The van der Waals surface area contributed by atoms with Gasteiger partial charge in [0.05, 0.1) is 0 Å². The van der Waals surface area contributed by atoms with E-state index in [0.29, 0.717) is 39.7 Å². The van der Waals surface area contributed by atoms with Crippen LogP contribution in [0.1, 0.15) is 25.2 Å². The number of pyridine rings is 1. The average Bonchev–Trinajstić information content (AvgIpc) is 2.62. The second-order valence-electron chi connectivity index (χ2n) is 5.73. The van der Waals surface area contributed by atoms with Crippen LogP contribution >= 0.6 is 11.6 Å². The Morgan fingerprint density at radius 2 is 2.12 bits per heavy atom. The number of benzene rings is 1. The highest BCUT2D eigenvalue weighted by atomic mass is 35.5. The van der Waals surface area contributed by atoms with Gasteiger partial charge in [0.15, 0.2) is 5.84 Å². The van der Waals surface area contributed by atoms with E-state index in [9.17, 15) is 4.79 Å². The van der Waals surface area contributed by atoms with Gasteiger partial charge in [0.2, 0.25) is 0 Å². The van der Waals surface area contributed by atoms with Gasteiger partial charge in [-0.05, 0) is 32.9 Å². The molecule has 0 unspecified atom stereocenters. The van der Waals surface area contributed by atoms with Crippen molar-refractivity contribution in [3.63, 3.8) is 0 Å². The fraction of sp³-hybridized carbons (Fsp3) is 0.211. The zero-order valence-corrected chi connectivity index (χ0v) is 15.5. The molecule has 0 aliphatic rings. The SMILES string of the molecule is CC=NC(=N)c1ccc(-c2cc3cnc(C)nc3n(CC)c2=O)c(Cl)c1. The molecule has 2 aromatic heterocycles. The summed E-state index contributed by atoms with van der Waals surface area (Å²) in [5, 5.41) is 9.06. The summed E-state index contributed by atoms with van der Waals surface area (Å²) in [6.45, 7) is 5.93. The summed E-state index contributed by atoms with van der Waals surface area (Å²) in [6, 6.07) is 6.90. The molecule has 3 rings (SSSR count). The maximum absolute atomic E-state index is 13.0. The van der Waals surface area contributed by atoms with Gasteiger partial charge in [0.25, 0.3) is 5.56 Å². The summed E-state index contributed by atoms with van der Waals surface area (Å²) in [4.78, 5) is 25.5. The number of aliphatic imine (C=N–C) groups is 1. The summed E-state index contributed by atoms with van der Waals surface area (Å²) in [5.41, 5.74) is 2.13. The van der Waals surface area contributed by atoms with Crippen LogP contribution in [0.3, 0.4) is 0 Å². The third-order valence-electron chi connectivity index (χ3n) is 4.05. The monoisotopic (exact) mass is 367 g/mol. The van der Waals surface area contributed by atoms with Gasteiger partial charge < -0.3 is 0 Å². The van der Waals surface area contributed by atoms with E-state index in [-0.39, 0.29) is 11.4 Å². The van der Waals surface area contributed by atoms with Gasteiger partial charge in [0, 0.05) is 46.1 Å². The number of fused-ring (bicyclic) bond motifs is 1. The molecule has 0 atom stereocenters. The molecule has 0 spiro atoms. The van der Waals surface area contributed by atoms with E-state index in [1.165, 1.54) is 0 Å². The molecule has 7 heteroatoms. The van der Waals surface area contributed by atoms with Crippen molar-refractivity contribution in [3.8, 4) is 11.1 Å². The second-order valence-corrected chi connectivity index (χ2v) is 6.14. The number of amidine groups is 1. The quantitative estimate of drug-likeness (QED) is 0.563. The Morgan fingerprint density at radius 1 is 1.35 bits per heavy atom. The standard InChI is InChI=1S/C19H18ClN5O/c1-4-22-17(21)12-6-7-14(16(20)9-12)15-8-13-10-23-11(3)24-18(13)25(5-2)19(15)26/h4,6-10,21H,5H2,1-3H3. The van der Waals surface area contributed by atoms with Crippen LogP contribution in [0.2, 0.25) is 5.02 Å². The smallest absolute Gasteiger partial charge is 0.260 e. The van der Waals surface area contributed by atoms with Crippen LogP contribution in [0.4, 0.5) is 0 Å². The molecule has 132 valence electrons. The first-order chi connectivity index (χ1) is 12.5. The van der Waals surface area contributed by atoms with Crippen molar-refractivity contribution in [1.82, 2.24) is 14.5 Å². The Morgan fingerprint density at radius 3 is 2.77 bits per heavy atom. The number of nitrogens with zero attached hydrogens (tertiary/aromatic N) is 4. The fourth-order valence-electron chi connectivity index (χ4n) is 2.82. The molecule has 0 aliphatic heterocycles. The van der Waals surface area contributed by atoms with E-state index in [4.69, 9.17) is 17.0 Å². The molecule has 0 radical (unpaired) electrons. The van der Waals surface area contributed by atoms with Gasteiger partial charge in [0.1, 0.15) is 11.5 Å². The fourth-order valence-corrected chi connectivity index (χ4v) is 3.10. The van der Waals surface area contributed by atoms with Crippen LogP contribution in [0.5, 0.6) is 0 Å². The second kappa shape index (κ2) is 7.17. The van der Waals surface area contributed by atoms with Crippen molar-refractivity contribution in [2.45, 2.75) is 27.3 Å². The van der Waals surface area contributed by atoms with E-state index in [1.807, 2.05) is 6.92 Å². The van der Waals surface area contributed by atoms with E-state index >= 15 is 0 Å². The predicted octanol–water partition coefficient (Wildman–Crippen LogP) is 3.86. The van der Waals surface area contributed by atoms with Gasteiger partial charge >= 0.3 is 0 Å². The average molecular weight is 368 g/mol. The Kier molecular flexibility index (Phi) is 4.95. The molecule has 0 amide bonds. The van der Waals surface area contributed by atoms with Crippen molar-refractivity contribution >= 4 is 34.7 Å². The van der Waals surface area contributed by atoms with E-state index < -0.39 is 0 Å². The number of rotatable bonds is 3. The Balaban J connectivity index is 2.23. The third kappa shape index (κ3) is 3.15. The van der Waals surface area contributed by atoms with E-state index in [2.05, 4.69) is 15.0 Å². The Labute approximate surface area is 155 Å². The van der Waals surface area contributed by atoms with Gasteiger partial charge in [-0.15, -0.1) is 0 Å². The van der Waals surface area contributed by atoms with Crippen LogP contribution in [0.25, 0.3) is 22.2 Å². The molecule has 3 aromatic rings. The molecule has 26 heavy (non-hydrogen) atoms. The predicted molar refractivity (Wildman–Crippen MR) is 106 cm³/mol. The lowest BCUT2D eigenvalue weighted by Gasteiger charge is -2.12. The minimum Gasteiger partial charge on any atom is -0.292 e. The van der Waals surface area contributed by atoms with Gasteiger partial charge in [-0.3, -0.25) is 14.8 Å². The molecular formula is C19H18ClN5O. The number of nitrogens with one attached hydrogen (secondary N) is 1.